The van der Waals surface area contributed by atoms with Crippen molar-refractivity contribution in [3.05, 3.63) is 0 Å². The summed E-state index contributed by atoms with van der Waals surface area (Å²) in [5.41, 5.74) is 0. The van der Waals surface area contributed by atoms with E-state index in [1.165, 1.54) is 0 Å². The molecule has 0 aromatic carbocycles. The highest BCUT2D eigenvalue weighted by Crippen LogP contribution is 2.30. The summed E-state index contributed by atoms with van der Waals surface area (Å²) in [5, 5.41) is 2.51. The Bertz CT molecular complexity index is 330. The van der Waals surface area contributed by atoms with Gasteiger partial charge in [0.05, 0.1) is 13.1 Å². The summed E-state index contributed by atoms with van der Waals surface area (Å²) in [4.78, 5) is 24.7. The van der Waals surface area contributed by atoms with Crippen LogP contribution in [0.1, 0.15) is 32.1 Å². The van der Waals surface area contributed by atoms with Crippen molar-refractivity contribution >= 4 is 11.8 Å². The van der Waals surface area contributed by atoms with Gasteiger partial charge < -0.3 is 10.2 Å². The van der Waals surface area contributed by atoms with Crippen LogP contribution in [0.3, 0.4) is 0 Å². The van der Waals surface area contributed by atoms with Gasteiger partial charge in [-0.1, -0.05) is 19.3 Å². The van der Waals surface area contributed by atoms with Gasteiger partial charge in [-0.15, -0.1) is 0 Å². The second-order valence-electron chi connectivity index (χ2n) is 5.00. The maximum absolute atomic E-state index is 12.5. The van der Waals surface area contributed by atoms with Gasteiger partial charge in [0.2, 0.25) is 11.8 Å². The zero-order chi connectivity index (χ0) is 13.1. The minimum atomic E-state index is -2.59. The standard InChI is InChI=1S/C12H18F2N2O2/c13-9(14)7-16-10(17)6-15-12(18)11(16)8-4-2-1-3-5-8/h8-9,11H,1-7H2,(H,15,18). The van der Waals surface area contributed by atoms with Gasteiger partial charge in [0.15, 0.2) is 0 Å². The lowest BCUT2D eigenvalue weighted by Crippen LogP contribution is -2.62. The fraction of sp³-hybridized carbons (Fsp3) is 0.833. The number of carbonyl (C=O) groups is 2. The first-order valence-electron chi connectivity index (χ1n) is 6.45. The van der Waals surface area contributed by atoms with Crippen molar-refractivity contribution in [3.8, 4) is 0 Å². The van der Waals surface area contributed by atoms with Gasteiger partial charge in [0, 0.05) is 0 Å². The summed E-state index contributed by atoms with van der Waals surface area (Å²) in [6.07, 6.45) is 2.21. The molecule has 1 N–H and O–H groups in total. The third-order valence-corrected chi connectivity index (χ3v) is 3.77. The van der Waals surface area contributed by atoms with Crippen molar-refractivity contribution in [2.75, 3.05) is 13.1 Å². The molecule has 2 amide bonds. The lowest BCUT2D eigenvalue weighted by Gasteiger charge is -2.40. The van der Waals surface area contributed by atoms with Gasteiger partial charge in [-0.25, -0.2) is 8.78 Å². The first-order chi connectivity index (χ1) is 8.59. The topological polar surface area (TPSA) is 49.4 Å². The van der Waals surface area contributed by atoms with E-state index in [1.807, 2.05) is 0 Å². The highest BCUT2D eigenvalue weighted by Gasteiger charge is 2.40. The minimum Gasteiger partial charge on any atom is -0.345 e. The fourth-order valence-electron chi connectivity index (χ4n) is 2.95. The van der Waals surface area contributed by atoms with Crippen molar-refractivity contribution < 1.29 is 18.4 Å². The third-order valence-electron chi connectivity index (χ3n) is 3.77. The number of alkyl halides is 2. The molecule has 0 bridgehead atoms. The van der Waals surface area contributed by atoms with Crippen molar-refractivity contribution in [3.63, 3.8) is 0 Å². The average Bonchev–Trinajstić information content (AvgIpc) is 2.35. The van der Waals surface area contributed by atoms with Gasteiger partial charge in [-0.05, 0) is 18.8 Å². The predicted molar refractivity (Wildman–Crippen MR) is 61.1 cm³/mol. The van der Waals surface area contributed by atoms with E-state index >= 15 is 0 Å². The minimum absolute atomic E-state index is 0.0294. The molecule has 1 saturated carbocycles. The van der Waals surface area contributed by atoms with E-state index in [0.717, 1.165) is 37.0 Å². The molecule has 0 aromatic heterocycles. The van der Waals surface area contributed by atoms with Crippen molar-refractivity contribution in [2.24, 2.45) is 5.92 Å². The number of rotatable bonds is 3. The first-order valence-corrected chi connectivity index (χ1v) is 6.45. The molecule has 2 fully saturated rings. The number of amides is 2. The molecule has 1 atom stereocenters. The smallest absolute Gasteiger partial charge is 0.255 e. The van der Waals surface area contributed by atoms with Gasteiger partial charge in [-0.2, -0.15) is 0 Å². The summed E-state index contributed by atoms with van der Waals surface area (Å²) in [7, 11) is 0. The lowest BCUT2D eigenvalue weighted by molar-refractivity contribution is -0.150. The lowest BCUT2D eigenvalue weighted by atomic mass is 9.82. The molecule has 1 aliphatic carbocycles. The molecule has 0 radical (unpaired) electrons. The molecule has 0 spiro atoms. The molecule has 18 heavy (non-hydrogen) atoms. The van der Waals surface area contributed by atoms with E-state index in [9.17, 15) is 18.4 Å². The van der Waals surface area contributed by atoms with Gasteiger partial charge in [-0.3, -0.25) is 9.59 Å². The zero-order valence-corrected chi connectivity index (χ0v) is 10.2. The highest BCUT2D eigenvalue weighted by molar-refractivity contribution is 5.95. The number of hydrogen-bond acceptors (Lipinski definition) is 2. The molecule has 1 heterocycles. The number of piperazine rings is 1. The normalized spacial score (nSPS) is 26.6. The number of nitrogens with zero attached hydrogens (tertiary/aromatic N) is 1. The van der Waals surface area contributed by atoms with Crippen LogP contribution in [-0.4, -0.2) is 42.3 Å². The summed E-state index contributed by atoms with van der Waals surface area (Å²) in [5.74, 6) is -0.644. The van der Waals surface area contributed by atoms with Crippen LogP contribution in [0.2, 0.25) is 0 Å². The van der Waals surface area contributed by atoms with Crippen LogP contribution in [0.25, 0.3) is 0 Å². The third kappa shape index (κ3) is 2.79. The average molecular weight is 260 g/mol. The molecule has 102 valence electrons. The summed E-state index contributed by atoms with van der Waals surface area (Å²) < 4.78 is 25.1. The molecular weight excluding hydrogens is 242 g/mol. The number of carbonyl (C=O) groups excluding carboxylic acids is 2. The summed E-state index contributed by atoms with van der Waals surface area (Å²) >= 11 is 0. The van der Waals surface area contributed by atoms with E-state index in [-0.39, 0.29) is 18.4 Å². The molecule has 0 aromatic rings. The van der Waals surface area contributed by atoms with Gasteiger partial charge in [0.1, 0.15) is 6.04 Å². The first kappa shape index (κ1) is 13.2. The Morgan fingerprint density at radius 2 is 1.89 bits per heavy atom. The van der Waals surface area contributed by atoms with Crippen LogP contribution >= 0.6 is 0 Å². The summed E-state index contributed by atoms with van der Waals surface area (Å²) in [6, 6.07) is -0.694. The van der Waals surface area contributed by atoms with Gasteiger partial charge in [0.25, 0.3) is 6.43 Å². The van der Waals surface area contributed by atoms with Crippen LogP contribution in [-0.2, 0) is 9.59 Å². The molecule has 4 nitrogen and oxygen atoms in total. The van der Waals surface area contributed by atoms with Crippen molar-refractivity contribution in [2.45, 2.75) is 44.6 Å². The maximum Gasteiger partial charge on any atom is 0.255 e. The van der Waals surface area contributed by atoms with E-state index in [4.69, 9.17) is 0 Å². The Kier molecular flexibility index (Phi) is 4.14. The Labute approximate surface area is 105 Å². The van der Waals surface area contributed by atoms with E-state index in [1.54, 1.807) is 0 Å². The van der Waals surface area contributed by atoms with Crippen molar-refractivity contribution in [1.82, 2.24) is 10.2 Å². The molecule has 1 unspecified atom stereocenters. The van der Waals surface area contributed by atoms with Crippen LogP contribution in [0.5, 0.6) is 0 Å². The van der Waals surface area contributed by atoms with Crippen LogP contribution in [0.15, 0.2) is 0 Å². The maximum atomic E-state index is 12.5. The number of hydrogen-bond donors (Lipinski definition) is 1. The van der Waals surface area contributed by atoms with E-state index in [0.29, 0.717) is 0 Å². The molecule has 6 heteroatoms. The Morgan fingerprint density at radius 3 is 2.50 bits per heavy atom. The van der Waals surface area contributed by atoms with E-state index < -0.39 is 24.9 Å². The largest absolute Gasteiger partial charge is 0.345 e. The second kappa shape index (κ2) is 5.63. The summed E-state index contributed by atoms with van der Waals surface area (Å²) in [6.45, 7) is -0.789. The molecule has 2 aliphatic rings. The zero-order valence-electron chi connectivity index (χ0n) is 10.2. The van der Waals surface area contributed by atoms with Crippen LogP contribution in [0, 0.1) is 5.92 Å². The molecule has 1 saturated heterocycles. The Morgan fingerprint density at radius 1 is 1.22 bits per heavy atom. The SMILES string of the molecule is O=C1NCC(=O)N(CC(F)F)C1C1CCCCC1. The molecule has 1 aliphatic heterocycles. The molecule has 2 rings (SSSR count). The highest BCUT2D eigenvalue weighted by atomic mass is 19.3. The second-order valence-corrected chi connectivity index (χ2v) is 5.00. The quantitative estimate of drug-likeness (QED) is 0.827. The van der Waals surface area contributed by atoms with E-state index in [2.05, 4.69) is 5.32 Å². The molecular formula is C12H18F2N2O2. The predicted octanol–water partition coefficient (Wildman–Crippen LogP) is 1.16. The number of nitrogens with one attached hydrogen (secondary N) is 1. The van der Waals surface area contributed by atoms with Crippen LogP contribution in [0.4, 0.5) is 8.78 Å². The monoisotopic (exact) mass is 260 g/mol. The van der Waals surface area contributed by atoms with Gasteiger partial charge >= 0.3 is 0 Å². The Hall–Kier alpha value is -1.20. The number of halogens is 2. The Balaban J connectivity index is 2.13. The van der Waals surface area contributed by atoms with Crippen LogP contribution < -0.4 is 5.32 Å². The fourth-order valence-corrected chi connectivity index (χ4v) is 2.95. The van der Waals surface area contributed by atoms with Crippen molar-refractivity contribution in [1.29, 1.82) is 0 Å².